The molecular formula is C7H8O. The zero-order chi connectivity index (χ0) is 5.82. The normalized spacial score (nSPS) is 9.12. The number of aliphatic hydroxyl groups is 1. The monoisotopic (exact) mass is 114 g/mol. The summed E-state index contributed by atoms with van der Waals surface area (Å²) in [6, 6.07) is 9.52. The summed E-state index contributed by atoms with van der Waals surface area (Å²) in [7, 11) is 0. The van der Waals surface area contributed by atoms with E-state index in [0.717, 1.165) is 5.56 Å². The highest BCUT2D eigenvalue weighted by atomic mass is 16.3. The van der Waals surface area contributed by atoms with Crippen LogP contribution in [0.15, 0.2) is 30.3 Å². The zero-order valence-electron chi connectivity index (χ0n) is 4.54. The quantitative estimate of drug-likeness (QED) is 0.581. The molecule has 8 heavy (non-hydrogen) atoms. The molecular weight excluding hydrogens is 106 g/mol. The molecule has 1 N–H and O–H groups in total. The van der Waals surface area contributed by atoms with E-state index >= 15 is 0 Å². The van der Waals surface area contributed by atoms with Crippen LogP contribution in [0.2, 0.25) is 0 Å². The molecule has 1 nitrogen and oxygen atoms in total. The standard InChI is InChI=1S/C7H8O/c8-6-7-4-2-1-3-5-7/h1-5,8H,6H2/i1+1,2+1,3+1,4+1,5+1,7+1. The Morgan fingerprint density at radius 2 is 1.75 bits per heavy atom. The first kappa shape index (κ1) is 5.32. The molecule has 1 heteroatoms. The second-order valence-electron chi connectivity index (χ2n) is 1.64. The van der Waals surface area contributed by atoms with Crippen LogP contribution in [-0.4, -0.2) is 5.11 Å². The molecule has 0 bridgehead atoms. The third kappa shape index (κ3) is 1.07. The third-order valence-electron chi connectivity index (χ3n) is 1.03. The average Bonchev–Trinajstić information content (AvgIpc) is 1.90. The summed E-state index contributed by atoms with van der Waals surface area (Å²) in [5.41, 5.74) is 0.965. The number of hydrogen-bond donors (Lipinski definition) is 1. The highest BCUT2D eigenvalue weighted by Crippen LogP contribution is 1.95. The van der Waals surface area contributed by atoms with Crippen molar-refractivity contribution in [2.24, 2.45) is 0 Å². The van der Waals surface area contributed by atoms with Crippen LogP contribution >= 0.6 is 0 Å². The van der Waals surface area contributed by atoms with Gasteiger partial charge in [0.25, 0.3) is 0 Å². The van der Waals surface area contributed by atoms with Crippen LogP contribution in [-0.2, 0) is 6.61 Å². The maximum absolute atomic E-state index is 8.54. The van der Waals surface area contributed by atoms with Crippen LogP contribution in [0.3, 0.4) is 0 Å². The van der Waals surface area contributed by atoms with Gasteiger partial charge in [0, 0.05) is 0 Å². The Balaban J connectivity index is 2.83. The van der Waals surface area contributed by atoms with Crippen molar-refractivity contribution in [3.8, 4) is 0 Å². The molecule has 42 valence electrons. The van der Waals surface area contributed by atoms with Crippen molar-refractivity contribution in [2.75, 3.05) is 0 Å². The molecule has 1 aromatic rings. The van der Waals surface area contributed by atoms with Crippen LogP contribution < -0.4 is 0 Å². The van der Waals surface area contributed by atoms with Gasteiger partial charge >= 0.3 is 0 Å². The van der Waals surface area contributed by atoms with Crippen molar-refractivity contribution in [1.29, 1.82) is 0 Å². The third-order valence-corrected chi connectivity index (χ3v) is 1.03. The van der Waals surface area contributed by atoms with E-state index < -0.39 is 0 Å². The SMILES string of the molecule is OC[13c]1[13cH][13cH][13cH][13cH][13cH]1. The summed E-state index contributed by atoms with van der Waals surface area (Å²) < 4.78 is 0. The van der Waals surface area contributed by atoms with Gasteiger partial charge in [-0.25, -0.2) is 0 Å². The molecule has 0 aliphatic heterocycles. The molecule has 0 unspecified atom stereocenters. The minimum Gasteiger partial charge on any atom is -0.392 e. The van der Waals surface area contributed by atoms with Gasteiger partial charge in [-0.3, -0.25) is 0 Å². The lowest BCUT2D eigenvalue weighted by Crippen LogP contribution is -1.77. The van der Waals surface area contributed by atoms with Gasteiger partial charge in [0.15, 0.2) is 0 Å². The summed E-state index contributed by atoms with van der Waals surface area (Å²) >= 11 is 0. The summed E-state index contributed by atoms with van der Waals surface area (Å²) in [6.45, 7) is 0.140. The Labute approximate surface area is 48.6 Å². The summed E-state index contributed by atoms with van der Waals surface area (Å²) in [5, 5.41) is 8.54. The first-order valence-corrected chi connectivity index (χ1v) is 2.58. The van der Waals surface area contributed by atoms with Gasteiger partial charge in [-0.15, -0.1) is 0 Å². The van der Waals surface area contributed by atoms with E-state index in [1.165, 1.54) is 0 Å². The lowest BCUT2D eigenvalue weighted by atomic mass is 11.0. The van der Waals surface area contributed by atoms with Crippen molar-refractivity contribution >= 4 is 0 Å². The molecule has 0 aliphatic rings. The molecule has 0 fully saturated rings. The van der Waals surface area contributed by atoms with Gasteiger partial charge in [0.2, 0.25) is 0 Å². The van der Waals surface area contributed by atoms with Gasteiger partial charge in [-0.1, -0.05) is 30.3 Å². The van der Waals surface area contributed by atoms with E-state index in [-0.39, 0.29) is 6.61 Å². The molecule has 0 radical (unpaired) electrons. The first-order valence-electron chi connectivity index (χ1n) is 2.58. The number of rotatable bonds is 1. The van der Waals surface area contributed by atoms with Crippen molar-refractivity contribution < 1.29 is 5.11 Å². The number of aliphatic hydroxyl groups excluding tert-OH is 1. The van der Waals surface area contributed by atoms with E-state index in [0.29, 0.717) is 0 Å². The van der Waals surface area contributed by atoms with Gasteiger partial charge in [0.1, 0.15) is 0 Å². The Hall–Kier alpha value is -0.820. The zero-order valence-corrected chi connectivity index (χ0v) is 4.54. The number of hydrogen-bond acceptors (Lipinski definition) is 1. The number of benzene rings is 1. The fourth-order valence-corrected chi connectivity index (χ4v) is 0.583. The van der Waals surface area contributed by atoms with Crippen LogP contribution in [0.5, 0.6) is 0 Å². The molecule has 0 amide bonds. The van der Waals surface area contributed by atoms with Gasteiger partial charge in [-0.2, -0.15) is 0 Å². The summed E-state index contributed by atoms with van der Waals surface area (Å²) in [5.74, 6) is 0. The first-order chi connectivity index (χ1) is 3.93. The molecule has 0 atom stereocenters. The molecule has 1 rings (SSSR count). The van der Waals surface area contributed by atoms with Crippen molar-refractivity contribution in [3.63, 3.8) is 0 Å². The Bertz CT molecular complexity index is 146. The summed E-state index contributed by atoms with van der Waals surface area (Å²) in [6.07, 6.45) is 0. The maximum atomic E-state index is 8.54. The highest BCUT2D eigenvalue weighted by Gasteiger charge is 1.81. The van der Waals surface area contributed by atoms with E-state index in [9.17, 15) is 0 Å². The van der Waals surface area contributed by atoms with Crippen LogP contribution in [0.4, 0.5) is 0 Å². The molecule has 0 saturated heterocycles. The Morgan fingerprint density at radius 1 is 1.12 bits per heavy atom. The van der Waals surface area contributed by atoms with Gasteiger partial charge in [-0.05, 0) is 5.56 Å². The molecule has 0 spiro atoms. The van der Waals surface area contributed by atoms with Crippen LogP contribution in [0, 0.1) is 0 Å². The van der Waals surface area contributed by atoms with Crippen molar-refractivity contribution in [2.45, 2.75) is 6.61 Å². The fraction of sp³-hybridized carbons (Fsp3) is 0.143. The smallest absolute Gasteiger partial charge is 0.0681 e. The predicted molar refractivity (Wildman–Crippen MR) is 32.4 cm³/mol. The average molecular weight is 114 g/mol. The van der Waals surface area contributed by atoms with Crippen molar-refractivity contribution in [1.82, 2.24) is 0 Å². The van der Waals surface area contributed by atoms with E-state index in [4.69, 9.17) is 5.11 Å². The van der Waals surface area contributed by atoms with Crippen LogP contribution in [0.1, 0.15) is 5.56 Å². The Morgan fingerprint density at radius 3 is 2.12 bits per heavy atom. The van der Waals surface area contributed by atoms with E-state index in [1.807, 2.05) is 30.3 Å². The Kier molecular flexibility index (Phi) is 1.65. The molecule has 0 saturated carbocycles. The van der Waals surface area contributed by atoms with Crippen molar-refractivity contribution in [3.05, 3.63) is 35.9 Å². The second kappa shape index (κ2) is 2.48. The molecule has 1 aromatic carbocycles. The van der Waals surface area contributed by atoms with E-state index in [2.05, 4.69) is 0 Å². The summed E-state index contributed by atoms with van der Waals surface area (Å²) in [4.78, 5) is 0. The van der Waals surface area contributed by atoms with Gasteiger partial charge < -0.3 is 5.11 Å². The highest BCUT2D eigenvalue weighted by molar-refractivity contribution is 5.12. The van der Waals surface area contributed by atoms with E-state index in [1.54, 1.807) is 0 Å². The largest absolute Gasteiger partial charge is 0.392 e. The van der Waals surface area contributed by atoms with Gasteiger partial charge in [0.05, 0.1) is 6.61 Å². The fourth-order valence-electron chi connectivity index (χ4n) is 0.583. The topological polar surface area (TPSA) is 20.2 Å². The van der Waals surface area contributed by atoms with Crippen LogP contribution in [0.25, 0.3) is 0 Å². The minimum atomic E-state index is 0.140. The molecule has 0 heterocycles. The second-order valence-corrected chi connectivity index (χ2v) is 1.64. The molecule has 0 aliphatic carbocycles. The maximum Gasteiger partial charge on any atom is 0.0681 e. The molecule has 0 aromatic heterocycles. The minimum absolute atomic E-state index is 0.140. The predicted octanol–water partition coefficient (Wildman–Crippen LogP) is 1.18. The lowest BCUT2D eigenvalue weighted by Gasteiger charge is -1.89. The lowest BCUT2D eigenvalue weighted by molar-refractivity contribution is 0.282.